The van der Waals surface area contributed by atoms with Crippen molar-refractivity contribution in [1.29, 1.82) is 0 Å². The van der Waals surface area contributed by atoms with E-state index < -0.39 is 0 Å². The summed E-state index contributed by atoms with van der Waals surface area (Å²) in [5, 5.41) is 8.11. The fraction of sp³-hybridized carbons (Fsp3) is 0. The van der Waals surface area contributed by atoms with E-state index in [-0.39, 0.29) is 0 Å². The molecule has 0 unspecified atom stereocenters. The first-order valence-electron chi connectivity index (χ1n) is 2.08. The fourth-order valence-electron chi connectivity index (χ4n) is 0.380. The van der Waals surface area contributed by atoms with Gasteiger partial charge in [0.1, 0.15) is 0 Å². The molecule has 0 fully saturated rings. The van der Waals surface area contributed by atoms with Crippen LogP contribution in [0, 0.1) is 0 Å². The molecule has 0 aromatic carbocycles. The van der Waals surface area contributed by atoms with Gasteiger partial charge in [0.25, 0.3) is 0 Å². The summed E-state index contributed by atoms with van der Waals surface area (Å²) in [7, 11) is 0.692. The van der Waals surface area contributed by atoms with Crippen LogP contribution in [0.3, 0.4) is 0 Å². The van der Waals surface area contributed by atoms with Crippen molar-refractivity contribution in [2.75, 3.05) is 0 Å². The molecule has 1 aromatic heterocycles. The first-order chi connectivity index (χ1) is 3.93. The van der Waals surface area contributed by atoms with E-state index in [1.807, 2.05) is 15.9 Å². The molecule has 4 heteroatoms. The second-order valence-electron chi connectivity index (χ2n) is 1.18. The van der Waals surface area contributed by atoms with E-state index in [2.05, 4.69) is 4.65 Å². The van der Waals surface area contributed by atoms with Crippen LogP contribution in [-0.2, 0) is 0 Å². The van der Waals surface area contributed by atoms with Gasteiger partial charge in [0.05, 0.1) is 0 Å². The van der Waals surface area contributed by atoms with Gasteiger partial charge >= 0.3 is 53.6 Å². The van der Waals surface area contributed by atoms with Crippen LogP contribution < -0.4 is 4.65 Å². The van der Waals surface area contributed by atoms with Crippen molar-refractivity contribution >= 4 is 22.2 Å². The minimum absolute atomic E-state index is 0.443. The Hall–Kier alpha value is -0.176. The van der Waals surface area contributed by atoms with Crippen molar-refractivity contribution in [1.82, 2.24) is 0 Å². The molecule has 0 spiro atoms. The average Bonchev–Trinajstić information content (AvgIpc) is 2.19. The van der Waals surface area contributed by atoms with Crippen molar-refractivity contribution in [3.05, 3.63) is 15.9 Å². The van der Waals surface area contributed by atoms with Crippen LogP contribution in [0.5, 0.6) is 5.75 Å². The van der Waals surface area contributed by atoms with Crippen LogP contribution in [0.2, 0.25) is 0 Å². The maximum absolute atomic E-state index is 8.11. The van der Waals surface area contributed by atoms with Crippen molar-refractivity contribution in [3.8, 4) is 5.75 Å². The van der Waals surface area contributed by atoms with Gasteiger partial charge in [-0.2, -0.15) is 0 Å². The van der Waals surface area contributed by atoms with Crippen molar-refractivity contribution in [2.24, 2.45) is 0 Å². The number of rotatable bonds is 2. The molecule has 0 saturated heterocycles. The molecule has 0 amide bonds. The van der Waals surface area contributed by atoms with Crippen LogP contribution in [0.25, 0.3) is 0 Å². The monoisotopic (exact) mass is 175 g/mol. The Kier molecular flexibility index (Phi) is 2.21. The van der Waals surface area contributed by atoms with E-state index in [0.29, 0.717) is 22.2 Å². The molecule has 0 aliphatic heterocycles. The van der Waals surface area contributed by atoms with Crippen molar-refractivity contribution in [3.63, 3.8) is 0 Å². The zero-order chi connectivity index (χ0) is 5.82. The molecule has 1 aromatic rings. The molecule has 0 saturated carbocycles. The average molecular weight is 174 g/mol. The second kappa shape index (κ2) is 2.97. The third-order valence-electron chi connectivity index (χ3n) is 0.684. The molecule has 0 aliphatic rings. The quantitative estimate of drug-likeness (QED) is 0.620. The number of hydrogen-bond donors (Lipinski definition) is 1. The Morgan fingerprint density at radius 2 is 2.62 bits per heavy atom. The van der Waals surface area contributed by atoms with Crippen LogP contribution in [0.1, 0.15) is 0 Å². The summed E-state index contributed by atoms with van der Waals surface area (Å²) in [4.78, 5) is 3.96. The van der Waals surface area contributed by atoms with E-state index in [4.69, 9.17) is 5.02 Å². The minimum atomic E-state index is 0.443. The standard InChI is InChI=1S/C4H4BO2Se/c6-5-7-4-1-2-8-3-4/h1-3,6H. The molecule has 1 radical (unpaired) electrons. The molecule has 1 heterocycles. The molecule has 0 atom stereocenters. The normalized spacial score (nSPS) is 8.62. The van der Waals surface area contributed by atoms with Crippen LogP contribution >= 0.6 is 0 Å². The van der Waals surface area contributed by atoms with Gasteiger partial charge in [-0.3, -0.25) is 0 Å². The summed E-state index contributed by atoms with van der Waals surface area (Å²) in [6, 6.07) is 1.84. The maximum atomic E-state index is 8.11. The Morgan fingerprint density at radius 3 is 3.12 bits per heavy atom. The topological polar surface area (TPSA) is 29.5 Å². The predicted octanol–water partition coefficient (Wildman–Crippen LogP) is -0.351. The predicted molar refractivity (Wildman–Crippen MR) is 32.0 cm³/mol. The Balaban J connectivity index is 2.50. The molecular formula is C4H4BO2Se. The van der Waals surface area contributed by atoms with Gasteiger partial charge in [-0.25, -0.2) is 0 Å². The van der Waals surface area contributed by atoms with E-state index in [1.54, 1.807) is 0 Å². The Labute approximate surface area is 54.2 Å². The Bertz CT molecular complexity index is 140. The van der Waals surface area contributed by atoms with Crippen molar-refractivity contribution in [2.45, 2.75) is 0 Å². The fourth-order valence-corrected chi connectivity index (χ4v) is 1.55. The first kappa shape index (κ1) is 5.95. The molecule has 41 valence electrons. The van der Waals surface area contributed by atoms with Gasteiger partial charge < -0.3 is 0 Å². The molecule has 1 rings (SSSR count). The van der Waals surface area contributed by atoms with Gasteiger partial charge in [0, 0.05) is 0 Å². The van der Waals surface area contributed by atoms with Crippen LogP contribution in [-0.4, -0.2) is 27.2 Å². The summed E-state index contributed by atoms with van der Waals surface area (Å²) < 4.78 is 4.62. The van der Waals surface area contributed by atoms with Gasteiger partial charge in [0.2, 0.25) is 0 Å². The summed E-state index contributed by atoms with van der Waals surface area (Å²) in [5.41, 5.74) is 0. The SMILES string of the molecule is O[B]Oc1cc[se]c1. The van der Waals surface area contributed by atoms with E-state index in [9.17, 15) is 0 Å². The second-order valence-corrected chi connectivity index (χ2v) is 2.82. The summed E-state index contributed by atoms with van der Waals surface area (Å²) in [5.74, 6) is 0.743. The number of hydrogen-bond acceptors (Lipinski definition) is 2. The Morgan fingerprint density at radius 1 is 1.75 bits per heavy atom. The molecule has 8 heavy (non-hydrogen) atoms. The third kappa shape index (κ3) is 1.40. The first-order valence-corrected chi connectivity index (χ1v) is 4.06. The molecule has 2 nitrogen and oxygen atoms in total. The third-order valence-corrected chi connectivity index (χ3v) is 2.07. The molecular weight excluding hydrogens is 170 g/mol. The zero-order valence-electron chi connectivity index (χ0n) is 4.07. The van der Waals surface area contributed by atoms with E-state index in [0.717, 1.165) is 5.75 Å². The van der Waals surface area contributed by atoms with Gasteiger partial charge in [0.15, 0.2) is 0 Å². The van der Waals surface area contributed by atoms with Gasteiger partial charge in [-0.1, -0.05) is 0 Å². The summed E-state index contributed by atoms with van der Waals surface area (Å²) in [6.45, 7) is 0. The van der Waals surface area contributed by atoms with Crippen LogP contribution in [0.4, 0.5) is 0 Å². The summed E-state index contributed by atoms with van der Waals surface area (Å²) >= 11 is 0.443. The van der Waals surface area contributed by atoms with Crippen LogP contribution in [0.15, 0.2) is 15.9 Å². The van der Waals surface area contributed by atoms with Gasteiger partial charge in [-0.15, -0.1) is 0 Å². The molecule has 0 bridgehead atoms. The van der Waals surface area contributed by atoms with E-state index >= 15 is 0 Å². The molecule has 1 N–H and O–H groups in total. The van der Waals surface area contributed by atoms with Gasteiger partial charge in [-0.05, 0) is 0 Å². The molecule has 0 aliphatic carbocycles. The zero-order valence-corrected chi connectivity index (χ0v) is 5.79. The summed E-state index contributed by atoms with van der Waals surface area (Å²) in [6.07, 6.45) is 0. The van der Waals surface area contributed by atoms with Crippen molar-refractivity contribution < 1.29 is 9.68 Å². The van der Waals surface area contributed by atoms with E-state index in [1.165, 1.54) is 0 Å².